The van der Waals surface area contributed by atoms with Crippen LogP contribution in [0.5, 0.6) is 0 Å². The van der Waals surface area contributed by atoms with Crippen LogP contribution < -0.4 is 0 Å². The Morgan fingerprint density at radius 2 is 2.21 bits per heavy atom. The first kappa shape index (κ1) is 14.0. The van der Waals surface area contributed by atoms with E-state index >= 15 is 0 Å². The molecule has 4 nitrogen and oxygen atoms in total. The third-order valence-electron chi connectivity index (χ3n) is 3.45. The normalized spacial score (nSPS) is 20.4. The van der Waals surface area contributed by atoms with Gasteiger partial charge in [0.2, 0.25) is 0 Å². The number of carboxylic acid groups (broad SMARTS) is 1. The fraction of sp³-hybridized carbons (Fsp3) is 0.533. The lowest BCUT2D eigenvalue weighted by Gasteiger charge is -2.11. The quantitative estimate of drug-likeness (QED) is 0.858. The molecule has 2 unspecified atom stereocenters. The lowest BCUT2D eigenvalue weighted by atomic mass is 10.0. The minimum Gasteiger partial charge on any atom is -0.481 e. The van der Waals surface area contributed by atoms with Crippen LogP contribution in [0.4, 0.5) is 0 Å². The monoisotopic (exact) mass is 264 g/mol. The van der Waals surface area contributed by atoms with E-state index in [2.05, 4.69) is 0 Å². The Labute approximate surface area is 113 Å². The molecule has 1 heterocycles. The molecule has 1 aromatic carbocycles. The molecule has 2 rings (SSSR count). The molecule has 0 saturated carbocycles. The summed E-state index contributed by atoms with van der Waals surface area (Å²) >= 11 is 0. The molecule has 1 aromatic rings. The Bertz CT molecular complexity index is 407. The fourth-order valence-electron chi connectivity index (χ4n) is 2.13. The molecule has 1 fully saturated rings. The highest BCUT2D eigenvalue weighted by molar-refractivity contribution is 5.75. The van der Waals surface area contributed by atoms with Crippen molar-refractivity contribution in [1.82, 2.24) is 0 Å². The number of ether oxygens (including phenoxy) is 2. The van der Waals surface area contributed by atoms with Gasteiger partial charge in [-0.1, -0.05) is 24.3 Å². The number of hydrogen-bond acceptors (Lipinski definition) is 3. The van der Waals surface area contributed by atoms with Crippen molar-refractivity contribution in [2.24, 2.45) is 0 Å². The van der Waals surface area contributed by atoms with Gasteiger partial charge in [0.25, 0.3) is 0 Å². The molecule has 4 heteroatoms. The summed E-state index contributed by atoms with van der Waals surface area (Å²) in [6.07, 6.45) is 2.44. The predicted molar refractivity (Wildman–Crippen MR) is 71.1 cm³/mol. The first-order valence-corrected chi connectivity index (χ1v) is 6.68. The SMILES string of the molecule is CC(C(=O)O)c1ccc(COCC2CCCO2)cc1. The first-order chi connectivity index (χ1) is 9.16. The van der Waals surface area contributed by atoms with E-state index in [1.165, 1.54) is 0 Å². The molecule has 19 heavy (non-hydrogen) atoms. The maximum absolute atomic E-state index is 10.9. The highest BCUT2D eigenvalue weighted by Gasteiger charge is 2.15. The van der Waals surface area contributed by atoms with Gasteiger partial charge in [0.1, 0.15) is 0 Å². The van der Waals surface area contributed by atoms with Crippen LogP contribution in [0.2, 0.25) is 0 Å². The third-order valence-corrected chi connectivity index (χ3v) is 3.45. The predicted octanol–water partition coefficient (Wildman–Crippen LogP) is 2.57. The summed E-state index contributed by atoms with van der Waals surface area (Å²) in [6.45, 7) is 3.70. The number of hydrogen-bond donors (Lipinski definition) is 1. The van der Waals surface area contributed by atoms with Crippen LogP contribution in [0.1, 0.15) is 36.8 Å². The second kappa shape index (κ2) is 6.68. The molecule has 0 spiro atoms. The van der Waals surface area contributed by atoms with E-state index in [1.54, 1.807) is 6.92 Å². The smallest absolute Gasteiger partial charge is 0.310 e. The van der Waals surface area contributed by atoms with Crippen molar-refractivity contribution in [3.05, 3.63) is 35.4 Å². The Morgan fingerprint density at radius 3 is 2.79 bits per heavy atom. The molecule has 1 saturated heterocycles. The summed E-state index contributed by atoms with van der Waals surface area (Å²) in [5.74, 6) is -1.27. The maximum atomic E-state index is 10.9. The lowest BCUT2D eigenvalue weighted by molar-refractivity contribution is -0.138. The zero-order valence-corrected chi connectivity index (χ0v) is 11.2. The van der Waals surface area contributed by atoms with Gasteiger partial charge in [-0.25, -0.2) is 0 Å². The second-order valence-corrected chi connectivity index (χ2v) is 4.95. The molecule has 0 aliphatic carbocycles. The van der Waals surface area contributed by atoms with Crippen LogP contribution in [0.25, 0.3) is 0 Å². The van der Waals surface area contributed by atoms with Crippen molar-refractivity contribution in [3.63, 3.8) is 0 Å². The van der Waals surface area contributed by atoms with Crippen molar-refractivity contribution < 1.29 is 19.4 Å². The lowest BCUT2D eigenvalue weighted by Crippen LogP contribution is -2.13. The summed E-state index contributed by atoms with van der Waals surface area (Å²) < 4.78 is 11.1. The molecule has 0 radical (unpaired) electrons. The van der Waals surface area contributed by atoms with E-state index in [0.29, 0.717) is 13.2 Å². The van der Waals surface area contributed by atoms with Crippen LogP contribution in [-0.2, 0) is 20.9 Å². The molecule has 0 amide bonds. The number of carbonyl (C=O) groups is 1. The standard InChI is InChI=1S/C15H20O4/c1-11(15(16)17)13-6-4-12(5-7-13)9-18-10-14-3-2-8-19-14/h4-7,11,14H,2-3,8-10H2,1H3,(H,16,17). The van der Waals surface area contributed by atoms with E-state index in [4.69, 9.17) is 14.6 Å². The van der Waals surface area contributed by atoms with Gasteiger partial charge in [-0.2, -0.15) is 0 Å². The average molecular weight is 264 g/mol. The minimum atomic E-state index is -0.803. The van der Waals surface area contributed by atoms with Gasteiger partial charge >= 0.3 is 5.97 Å². The van der Waals surface area contributed by atoms with Crippen LogP contribution in [-0.4, -0.2) is 30.4 Å². The van der Waals surface area contributed by atoms with E-state index < -0.39 is 11.9 Å². The van der Waals surface area contributed by atoms with Crippen LogP contribution >= 0.6 is 0 Å². The molecule has 0 aromatic heterocycles. The zero-order valence-electron chi connectivity index (χ0n) is 11.2. The van der Waals surface area contributed by atoms with Gasteiger partial charge in [0.15, 0.2) is 0 Å². The average Bonchev–Trinajstić information content (AvgIpc) is 2.92. The largest absolute Gasteiger partial charge is 0.481 e. The number of benzene rings is 1. The molecule has 1 N–H and O–H groups in total. The third kappa shape index (κ3) is 4.04. The van der Waals surface area contributed by atoms with Gasteiger partial charge in [0.05, 0.1) is 25.2 Å². The Balaban J connectivity index is 1.79. The van der Waals surface area contributed by atoms with Crippen molar-refractivity contribution in [2.45, 2.75) is 38.4 Å². The molecular formula is C15H20O4. The maximum Gasteiger partial charge on any atom is 0.310 e. The van der Waals surface area contributed by atoms with Gasteiger partial charge in [-0.3, -0.25) is 4.79 Å². The molecule has 0 bridgehead atoms. The van der Waals surface area contributed by atoms with E-state index in [9.17, 15) is 4.79 Å². The Hall–Kier alpha value is -1.39. The molecule has 2 atom stereocenters. The van der Waals surface area contributed by atoms with Crippen molar-refractivity contribution in [2.75, 3.05) is 13.2 Å². The minimum absolute atomic E-state index is 0.242. The topological polar surface area (TPSA) is 55.8 Å². The van der Waals surface area contributed by atoms with Gasteiger partial charge in [0, 0.05) is 6.61 Å². The summed E-state index contributed by atoms with van der Waals surface area (Å²) in [7, 11) is 0. The highest BCUT2D eigenvalue weighted by Crippen LogP contribution is 2.17. The number of aliphatic carboxylic acids is 1. The summed E-state index contributed by atoms with van der Waals surface area (Å²) in [4.78, 5) is 10.9. The van der Waals surface area contributed by atoms with Crippen LogP contribution in [0.3, 0.4) is 0 Å². The van der Waals surface area contributed by atoms with Crippen molar-refractivity contribution in [3.8, 4) is 0 Å². The number of carboxylic acids is 1. The molecule has 1 aliphatic heterocycles. The van der Waals surface area contributed by atoms with Crippen molar-refractivity contribution in [1.29, 1.82) is 0 Å². The molecular weight excluding hydrogens is 244 g/mol. The molecule has 104 valence electrons. The summed E-state index contributed by atoms with van der Waals surface area (Å²) in [5, 5.41) is 8.93. The molecule has 1 aliphatic rings. The van der Waals surface area contributed by atoms with Crippen LogP contribution in [0, 0.1) is 0 Å². The Kier molecular flexibility index (Phi) is 4.93. The van der Waals surface area contributed by atoms with Gasteiger partial charge in [-0.05, 0) is 30.9 Å². The van der Waals surface area contributed by atoms with E-state index in [0.717, 1.165) is 30.6 Å². The van der Waals surface area contributed by atoms with Gasteiger partial charge in [-0.15, -0.1) is 0 Å². The zero-order chi connectivity index (χ0) is 13.7. The van der Waals surface area contributed by atoms with Crippen LogP contribution in [0.15, 0.2) is 24.3 Å². The Morgan fingerprint density at radius 1 is 1.47 bits per heavy atom. The second-order valence-electron chi connectivity index (χ2n) is 4.95. The van der Waals surface area contributed by atoms with E-state index in [1.807, 2.05) is 24.3 Å². The summed E-state index contributed by atoms with van der Waals surface area (Å²) in [5.41, 5.74) is 1.87. The van der Waals surface area contributed by atoms with Gasteiger partial charge < -0.3 is 14.6 Å². The summed E-state index contributed by atoms with van der Waals surface area (Å²) in [6, 6.07) is 7.54. The van der Waals surface area contributed by atoms with Crippen molar-refractivity contribution >= 4 is 5.97 Å². The van der Waals surface area contributed by atoms with E-state index in [-0.39, 0.29) is 6.10 Å². The number of rotatable bonds is 6. The highest BCUT2D eigenvalue weighted by atomic mass is 16.5. The first-order valence-electron chi connectivity index (χ1n) is 6.68. The fourth-order valence-corrected chi connectivity index (χ4v) is 2.13.